The van der Waals surface area contributed by atoms with E-state index in [9.17, 15) is 15.0 Å². The van der Waals surface area contributed by atoms with E-state index in [-0.39, 0.29) is 17.7 Å². The molecule has 2 unspecified atom stereocenters. The van der Waals surface area contributed by atoms with Gasteiger partial charge in [0.2, 0.25) is 5.56 Å². The summed E-state index contributed by atoms with van der Waals surface area (Å²) in [6.07, 6.45) is -1.10. The van der Waals surface area contributed by atoms with Crippen molar-refractivity contribution in [2.24, 2.45) is 5.11 Å². The van der Waals surface area contributed by atoms with E-state index in [1.807, 2.05) is 0 Å². The molecule has 15 heavy (non-hydrogen) atoms. The molecule has 0 aliphatic rings. The normalized spacial score (nSPS) is 14.0. The van der Waals surface area contributed by atoms with Crippen LogP contribution in [0.4, 0.5) is 0 Å². The van der Waals surface area contributed by atoms with Gasteiger partial charge in [-0.2, -0.15) is 0 Å². The van der Waals surface area contributed by atoms with E-state index in [1.165, 1.54) is 18.3 Å². The van der Waals surface area contributed by atoms with Gasteiger partial charge in [0, 0.05) is 17.2 Å². The van der Waals surface area contributed by atoms with Crippen molar-refractivity contribution in [3.63, 3.8) is 0 Å². The summed E-state index contributed by atoms with van der Waals surface area (Å²) >= 11 is 0. The van der Waals surface area contributed by atoms with Gasteiger partial charge in [0.25, 0.3) is 0 Å². The largest absolute Gasteiger partial charge is 0.390 e. The number of pyridine rings is 1. The molecular formula is C8H10N4O3. The van der Waals surface area contributed by atoms with Gasteiger partial charge >= 0.3 is 0 Å². The molecule has 0 amide bonds. The zero-order chi connectivity index (χ0) is 11.3. The zero-order valence-corrected chi connectivity index (χ0v) is 7.74. The molecule has 7 nitrogen and oxygen atoms in total. The van der Waals surface area contributed by atoms with E-state index >= 15 is 0 Å². The van der Waals surface area contributed by atoms with Crippen LogP contribution in [0.1, 0.15) is 11.7 Å². The van der Waals surface area contributed by atoms with Crippen LogP contribution < -0.4 is 5.56 Å². The number of hydrogen-bond acceptors (Lipinski definition) is 4. The molecular weight excluding hydrogens is 200 g/mol. The number of aromatic nitrogens is 1. The number of azide groups is 1. The van der Waals surface area contributed by atoms with Gasteiger partial charge in [0.15, 0.2) is 0 Å². The first kappa shape index (κ1) is 11.3. The lowest BCUT2D eigenvalue weighted by molar-refractivity contribution is 0.0243. The lowest BCUT2D eigenvalue weighted by Crippen LogP contribution is -2.22. The van der Waals surface area contributed by atoms with Crippen LogP contribution in [0.5, 0.6) is 0 Å². The molecule has 0 saturated heterocycles. The van der Waals surface area contributed by atoms with E-state index in [0.29, 0.717) is 0 Å². The summed E-state index contributed by atoms with van der Waals surface area (Å²) in [5.74, 6) is 0. The first-order valence-electron chi connectivity index (χ1n) is 4.21. The van der Waals surface area contributed by atoms with Crippen LogP contribution in [0.15, 0.2) is 28.2 Å². The van der Waals surface area contributed by atoms with E-state index in [4.69, 9.17) is 5.53 Å². The molecule has 80 valence electrons. The second-order valence-electron chi connectivity index (χ2n) is 2.91. The summed E-state index contributed by atoms with van der Waals surface area (Å²) in [7, 11) is 0. The highest BCUT2D eigenvalue weighted by molar-refractivity contribution is 5.14. The van der Waals surface area contributed by atoms with Gasteiger partial charge in [-0.15, -0.1) is 0 Å². The Morgan fingerprint density at radius 2 is 2.33 bits per heavy atom. The summed E-state index contributed by atoms with van der Waals surface area (Å²) in [4.78, 5) is 15.7. The lowest BCUT2D eigenvalue weighted by atomic mass is 10.1. The van der Waals surface area contributed by atoms with Crippen LogP contribution in [-0.2, 0) is 0 Å². The molecule has 1 aromatic heterocycles. The minimum Gasteiger partial charge on any atom is -0.390 e. The Bertz CT molecular complexity index is 424. The molecule has 1 aromatic rings. The van der Waals surface area contributed by atoms with Gasteiger partial charge in [-0.25, -0.2) is 0 Å². The van der Waals surface area contributed by atoms with E-state index in [2.05, 4.69) is 15.0 Å². The Balaban J connectivity index is 2.79. The maximum atomic E-state index is 10.9. The van der Waals surface area contributed by atoms with Crippen LogP contribution in [0, 0.1) is 0 Å². The zero-order valence-electron chi connectivity index (χ0n) is 7.74. The van der Waals surface area contributed by atoms with Crippen molar-refractivity contribution in [1.82, 2.24) is 4.98 Å². The number of nitrogens with zero attached hydrogens (tertiary/aromatic N) is 3. The highest BCUT2D eigenvalue weighted by Gasteiger charge is 2.17. The van der Waals surface area contributed by atoms with Crippen LogP contribution in [0.3, 0.4) is 0 Å². The summed E-state index contributed by atoms with van der Waals surface area (Å²) in [6, 6.07) is 2.63. The average Bonchev–Trinajstić information content (AvgIpc) is 2.24. The van der Waals surface area contributed by atoms with Crippen molar-refractivity contribution >= 4 is 0 Å². The van der Waals surface area contributed by atoms with Gasteiger partial charge in [0.05, 0.1) is 12.6 Å². The van der Waals surface area contributed by atoms with Crippen molar-refractivity contribution in [3.05, 3.63) is 44.7 Å². The van der Waals surface area contributed by atoms with Crippen molar-refractivity contribution in [3.8, 4) is 0 Å². The number of aliphatic hydroxyl groups is 2. The van der Waals surface area contributed by atoms with Crippen LogP contribution >= 0.6 is 0 Å². The van der Waals surface area contributed by atoms with Crippen molar-refractivity contribution < 1.29 is 10.2 Å². The molecule has 0 radical (unpaired) electrons. The molecule has 1 rings (SSSR count). The number of aromatic amines is 1. The average molecular weight is 210 g/mol. The third-order valence-electron chi connectivity index (χ3n) is 1.84. The van der Waals surface area contributed by atoms with Crippen LogP contribution in [-0.4, -0.2) is 27.8 Å². The molecule has 0 aliphatic carbocycles. The second-order valence-corrected chi connectivity index (χ2v) is 2.91. The number of nitrogens with one attached hydrogen (secondary N) is 1. The second kappa shape index (κ2) is 5.16. The Morgan fingerprint density at radius 1 is 1.60 bits per heavy atom. The fourth-order valence-electron chi connectivity index (χ4n) is 1.09. The molecule has 0 aromatic carbocycles. The number of H-pyrrole nitrogens is 1. The highest BCUT2D eigenvalue weighted by Crippen LogP contribution is 2.14. The summed E-state index contributed by atoms with van der Waals surface area (Å²) in [5, 5.41) is 22.0. The summed E-state index contributed by atoms with van der Waals surface area (Å²) in [5.41, 5.74) is 7.93. The van der Waals surface area contributed by atoms with Gasteiger partial charge in [-0.1, -0.05) is 5.11 Å². The molecule has 0 spiro atoms. The molecule has 0 bridgehead atoms. The first-order chi connectivity index (χ1) is 7.15. The minimum absolute atomic E-state index is 0.246. The third-order valence-corrected chi connectivity index (χ3v) is 1.84. The number of rotatable bonds is 4. The fourth-order valence-corrected chi connectivity index (χ4v) is 1.09. The quantitative estimate of drug-likeness (QED) is 0.370. The first-order valence-corrected chi connectivity index (χ1v) is 4.21. The Hall–Kier alpha value is -1.82. The van der Waals surface area contributed by atoms with E-state index in [0.717, 1.165) is 0 Å². The maximum absolute atomic E-state index is 10.9. The molecule has 0 aliphatic heterocycles. The van der Waals surface area contributed by atoms with Crippen molar-refractivity contribution in [2.45, 2.75) is 12.2 Å². The standard InChI is InChI=1S/C8H10N4O3/c9-12-11-4-6(13)8(15)5-1-2-10-7(14)3-5/h1-3,6,8,13,15H,4H2,(H,10,14). The fraction of sp³-hybridized carbons (Fsp3) is 0.375. The van der Waals surface area contributed by atoms with Gasteiger partial charge in [-0.05, 0) is 17.2 Å². The summed E-state index contributed by atoms with van der Waals surface area (Å²) in [6.45, 7) is -0.246. The van der Waals surface area contributed by atoms with Gasteiger partial charge < -0.3 is 15.2 Å². The molecule has 0 saturated carbocycles. The van der Waals surface area contributed by atoms with E-state index < -0.39 is 12.2 Å². The van der Waals surface area contributed by atoms with Crippen LogP contribution in [0.2, 0.25) is 0 Å². The number of hydrogen-bond donors (Lipinski definition) is 3. The predicted molar refractivity (Wildman–Crippen MR) is 52.0 cm³/mol. The number of aliphatic hydroxyl groups excluding tert-OH is 2. The van der Waals surface area contributed by atoms with Crippen molar-refractivity contribution in [1.29, 1.82) is 0 Å². The molecule has 1 heterocycles. The Labute approximate surface area is 84.6 Å². The predicted octanol–water partition coefficient (Wildman–Crippen LogP) is 0.0795. The highest BCUT2D eigenvalue weighted by atomic mass is 16.3. The molecule has 3 N–H and O–H groups in total. The smallest absolute Gasteiger partial charge is 0.248 e. The minimum atomic E-state index is -1.24. The molecule has 7 heteroatoms. The monoisotopic (exact) mass is 210 g/mol. The SMILES string of the molecule is [N-]=[N+]=NCC(O)C(O)c1cc[nH]c(=O)c1. The molecule has 2 atom stereocenters. The Morgan fingerprint density at radius 3 is 2.93 bits per heavy atom. The Kier molecular flexibility index (Phi) is 3.87. The topological polar surface area (TPSA) is 122 Å². The van der Waals surface area contributed by atoms with Crippen LogP contribution in [0.25, 0.3) is 10.4 Å². The van der Waals surface area contributed by atoms with E-state index in [1.54, 1.807) is 0 Å². The van der Waals surface area contributed by atoms with Gasteiger partial charge in [-0.3, -0.25) is 4.79 Å². The summed E-state index contributed by atoms with van der Waals surface area (Å²) < 4.78 is 0. The third kappa shape index (κ3) is 3.10. The van der Waals surface area contributed by atoms with Gasteiger partial charge in [0.1, 0.15) is 6.10 Å². The maximum Gasteiger partial charge on any atom is 0.248 e. The lowest BCUT2D eigenvalue weighted by Gasteiger charge is -2.15. The van der Waals surface area contributed by atoms with Crippen molar-refractivity contribution in [2.75, 3.05) is 6.54 Å². The molecule has 0 fully saturated rings.